The maximum atomic E-state index is 13.7. The lowest BCUT2D eigenvalue weighted by molar-refractivity contribution is -0.141. The lowest BCUT2D eigenvalue weighted by Crippen LogP contribution is -2.60. The van der Waals surface area contributed by atoms with Gasteiger partial charge in [0.15, 0.2) is 0 Å². The highest BCUT2D eigenvalue weighted by molar-refractivity contribution is 7.89. The molecule has 2 aromatic rings. The Morgan fingerprint density at radius 3 is 2.38 bits per heavy atom. The van der Waals surface area contributed by atoms with E-state index in [9.17, 15) is 36.3 Å². The first kappa shape index (κ1) is 30.0. The van der Waals surface area contributed by atoms with Crippen molar-refractivity contribution in [1.29, 1.82) is 0 Å². The smallest absolute Gasteiger partial charge is 0.433 e. The van der Waals surface area contributed by atoms with E-state index in [4.69, 9.17) is 0 Å². The molecule has 1 atom stereocenters. The molecule has 8 nitrogen and oxygen atoms in total. The second-order valence-electron chi connectivity index (χ2n) is 11.0. The molecule has 2 fully saturated rings. The van der Waals surface area contributed by atoms with Crippen LogP contribution in [0, 0.1) is 23.2 Å². The molecule has 0 bridgehead atoms. The van der Waals surface area contributed by atoms with Gasteiger partial charge in [0.2, 0.25) is 15.9 Å². The van der Waals surface area contributed by atoms with E-state index in [1.165, 1.54) is 4.90 Å². The first-order valence-electron chi connectivity index (χ1n) is 12.8. The third kappa shape index (κ3) is 6.50. The third-order valence-electron chi connectivity index (χ3n) is 6.89. The summed E-state index contributed by atoms with van der Waals surface area (Å²) in [5.74, 6) is 4.14. The minimum absolute atomic E-state index is 0.0596. The predicted molar refractivity (Wildman–Crippen MR) is 143 cm³/mol. The topological polar surface area (TPSA) is 108 Å². The number of piperazine rings is 1. The normalized spacial score (nSPS) is 19.8. The van der Waals surface area contributed by atoms with Gasteiger partial charge >= 0.3 is 12.1 Å². The summed E-state index contributed by atoms with van der Waals surface area (Å²) in [5.41, 5.74) is -1.37. The first-order valence-corrected chi connectivity index (χ1v) is 15.1. The van der Waals surface area contributed by atoms with Crippen LogP contribution < -0.4 is 4.90 Å². The minimum atomic E-state index is -4.73. The van der Waals surface area contributed by atoms with Crippen LogP contribution >= 0.6 is 11.3 Å². The van der Waals surface area contributed by atoms with Crippen LogP contribution in [0.3, 0.4) is 0 Å². The number of rotatable bonds is 5. The molecule has 1 N–H and O–H groups in total. The standard InChI is InChI=1S/C27H30F3N3O5S2/c1-26(2,3)12-11-18-13-20(24(39-18)25(35)36)33-21(17-7-5-4-6-8-17)15-32(16-23(33)34)40(37,38)19-9-10-22(31-14-19)27(28,29)30/h9-10,13-14,17,21H,4-8,15-16H2,1-3H3,(H,35,36). The lowest BCUT2D eigenvalue weighted by Gasteiger charge is -2.44. The Morgan fingerprint density at radius 1 is 1.15 bits per heavy atom. The van der Waals surface area contributed by atoms with Crippen molar-refractivity contribution in [2.45, 2.75) is 70.0 Å². The molecule has 0 spiro atoms. The highest BCUT2D eigenvalue weighted by atomic mass is 32.2. The van der Waals surface area contributed by atoms with Crippen molar-refractivity contribution in [2.24, 2.45) is 11.3 Å². The van der Waals surface area contributed by atoms with E-state index in [2.05, 4.69) is 16.8 Å². The van der Waals surface area contributed by atoms with Crippen molar-refractivity contribution in [1.82, 2.24) is 9.29 Å². The van der Waals surface area contributed by atoms with Crippen molar-refractivity contribution < 1.29 is 36.3 Å². The molecule has 216 valence electrons. The van der Waals surface area contributed by atoms with E-state index in [-0.39, 0.29) is 28.4 Å². The molecule has 13 heteroatoms. The molecule has 1 aliphatic heterocycles. The van der Waals surface area contributed by atoms with Crippen LogP contribution in [0.15, 0.2) is 29.3 Å². The van der Waals surface area contributed by atoms with Gasteiger partial charge in [0, 0.05) is 18.2 Å². The van der Waals surface area contributed by atoms with Crippen molar-refractivity contribution in [3.63, 3.8) is 0 Å². The van der Waals surface area contributed by atoms with E-state index >= 15 is 0 Å². The molecule has 3 heterocycles. The number of carbonyl (C=O) groups excluding carboxylic acids is 1. The Morgan fingerprint density at radius 2 is 1.82 bits per heavy atom. The summed E-state index contributed by atoms with van der Waals surface area (Å²) in [6, 6.07) is 2.34. The fourth-order valence-electron chi connectivity index (χ4n) is 5.02. The monoisotopic (exact) mass is 597 g/mol. The quantitative estimate of drug-likeness (QED) is 0.472. The molecule has 1 amide bonds. The first-order chi connectivity index (χ1) is 18.6. The summed E-state index contributed by atoms with van der Waals surface area (Å²) in [5, 5.41) is 9.96. The summed E-state index contributed by atoms with van der Waals surface area (Å²) in [7, 11) is -4.36. The number of pyridine rings is 1. The number of carboxylic acid groups (broad SMARTS) is 1. The summed E-state index contributed by atoms with van der Waals surface area (Å²) in [6.45, 7) is 5.03. The summed E-state index contributed by atoms with van der Waals surface area (Å²) >= 11 is 0.960. The minimum Gasteiger partial charge on any atom is -0.477 e. The van der Waals surface area contributed by atoms with Crippen LogP contribution in [-0.2, 0) is 21.0 Å². The van der Waals surface area contributed by atoms with E-state index in [0.717, 1.165) is 53.8 Å². The van der Waals surface area contributed by atoms with Gasteiger partial charge in [-0.05, 0) is 57.7 Å². The highest BCUT2D eigenvalue weighted by Gasteiger charge is 2.44. The Labute approximate surface area is 235 Å². The SMILES string of the molecule is CC(C)(C)C#Cc1cc(N2C(=O)CN(S(=O)(=O)c3ccc(C(F)(F)F)nc3)CC2C2CCCCC2)c(C(=O)O)s1. The number of hydrogen-bond acceptors (Lipinski definition) is 6. The zero-order chi connectivity index (χ0) is 29.5. The number of sulfonamides is 1. The number of hydrogen-bond donors (Lipinski definition) is 1. The molecule has 2 aromatic heterocycles. The van der Waals surface area contributed by atoms with Crippen molar-refractivity contribution >= 4 is 38.9 Å². The van der Waals surface area contributed by atoms with Crippen molar-refractivity contribution in [2.75, 3.05) is 18.0 Å². The van der Waals surface area contributed by atoms with Crippen molar-refractivity contribution in [3.8, 4) is 11.8 Å². The van der Waals surface area contributed by atoms with E-state index < -0.39 is 51.3 Å². The number of alkyl halides is 3. The van der Waals surface area contributed by atoms with Crippen LogP contribution in [-0.4, -0.2) is 53.8 Å². The number of thiophene rings is 1. The maximum absolute atomic E-state index is 13.7. The Hall–Kier alpha value is -2.95. The second-order valence-corrected chi connectivity index (χ2v) is 14.0. The highest BCUT2D eigenvalue weighted by Crippen LogP contribution is 2.39. The fourth-order valence-corrected chi connectivity index (χ4v) is 7.21. The van der Waals surface area contributed by atoms with Crippen LogP contribution in [0.5, 0.6) is 0 Å². The number of amides is 1. The van der Waals surface area contributed by atoms with Crippen LogP contribution in [0.25, 0.3) is 0 Å². The number of halogens is 3. The number of aromatic carboxylic acids is 1. The summed E-state index contributed by atoms with van der Waals surface area (Å²) in [4.78, 5) is 30.5. The van der Waals surface area contributed by atoms with Gasteiger partial charge in [0.05, 0.1) is 23.2 Å². The Balaban J connectivity index is 1.73. The molecule has 4 rings (SSSR count). The van der Waals surface area contributed by atoms with E-state index in [1.807, 2.05) is 20.8 Å². The molecular weight excluding hydrogens is 567 g/mol. The van der Waals surface area contributed by atoms with Gasteiger partial charge in [-0.3, -0.25) is 9.78 Å². The molecular formula is C27H30F3N3O5S2. The Bertz CT molecular complexity index is 1450. The van der Waals surface area contributed by atoms with Gasteiger partial charge in [0.1, 0.15) is 15.5 Å². The predicted octanol–water partition coefficient (Wildman–Crippen LogP) is 5.24. The largest absolute Gasteiger partial charge is 0.477 e. The van der Waals surface area contributed by atoms with E-state index in [0.29, 0.717) is 17.1 Å². The summed E-state index contributed by atoms with van der Waals surface area (Å²) < 4.78 is 66.7. The average molecular weight is 598 g/mol. The number of carboxylic acids is 1. The molecule has 1 saturated carbocycles. The zero-order valence-corrected chi connectivity index (χ0v) is 23.9. The third-order valence-corrected chi connectivity index (χ3v) is 9.71. The molecule has 0 aromatic carbocycles. The van der Waals surface area contributed by atoms with Gasteiger partial charge in [-0.1, -0.05) is 31.1 Å². The average Bonchev–Trinajstić information content (AvgIpc) is 3.31. The van der Waals surface area contributed by atoms with Crippen LogP contribution in [0.1, 0.15) is 73.1 Å². The molecule has 2 aliphatic rings. The Kier molecular flexibility index (Phi) is 8.36. The van der Waals surface area contributed by atoms with Gasteiger partial charge in [-0.15, -0.1) is 11.3 Å². The van der Waals surface area contributed by atoms with E-state index in [1.54, 1.807) is 6.07 Å². The lowest BCUT2D eigenvalue weighted by atomic mass is 9.82. The maximum Gasteiger partial charge on any atom is 0.433 e. The van der Waals surface area contributed by atoms with Crippen LogP contribution in [0.4, 0.5) is 18.9 Å². The number of anilines is 1. The second kappa shape index (κ2) is 11.1. The molecule has 1 aliphatic carbocycles. The summed E-state index contributed by atoms with van der Waals surface area (Å²) in [6.07, 6.45) is 0.149. The van der Waals surface area contributed by atoms with Gasteiger partial charge in [-0.25, -0.2) is 13.2 Å². The number of aromatic nitrogens is 1. The zero-order valence-electron chi connectivity index (χ0n) is 22.3. The number of nitrogens with zero attached hydrogens (tertiary/aromatic N) is 3. The molecule has 0 radical (unpaired) electrons. The van der Waals surface area contributed by atoms with Crippen LogP contribution in [0.2, 0.25) is 0 Å². The fraction of sp³-hybridized carbons (Fsp3) is 0.519. The van der Waals surface area contributed by atoms with Gasteiger partial charge in [0.25, 0.3) is 0 Å². The van der Waals surface area contributed by atoms with Crippen molar-refractivity contribution in [3.05, 3.63) is 39.8 Å². The number of carbonyl (C=O) groups is 2. The molecule has 1 saturated heterocycles. The molecule has 40 heavy (non-hydrogen) atoms. The van der Waals surface area contributed by atoms with Gasteiger partial charge < -0.3 is 10.0 Å². The van der Waals surface area contributed by atoms with Gasteiger partial charge in [-0.2, -0.15) is 17.5 Å². The molecule has 1 unspecified atom stereocenters.